The zero-order valence-corrected chi connectivity index (χ0v) is 11.9. The third-order valence-electron chi connectivity index (χ3n) is 1.66. The minimum absolute atomic E-state index is 0. The molecule has 0 saturated carbocycles. The first-order valence-corrected chi connectivity index (χ1v) is 5.89. The van der Waals surface area contributed by atoms with Gasteiger partial charge in [0.2, 0.25) is 0 Å². The smallest absolute Gasteiger partial charge is 0.185 e. The molecule has 0 spiro atoms. The summed E-state index contributed by atoms with van der Waals surface area (Å²) in [5, 5.41) is 0. The predicted octanol–water partition coefficient (Wildman–Crippen LogP) is 3.45. The van der Waals surface area contributed by atoms with Crippen LogP contribution >= 0.6 is 31.9 Å². The lowest BCUT2D eigenvalue weighted by molar-refractivity contribution is 0.111. The number of carbonyl (C=O) groups excluding carboxylic acids is 1. The van der Waals surface area contributed by atoms with Crippen LogP contribution in [-0.4, -0.2) is 25.4 Å². The molecule has 2 rings (SSSR count). The zero-order chi connectivity index (χ0) is 12.1. The first-order valence-electron chi connectivity index (χ1n) is 4.30. The lowest BCUT2D eigenvalue weighted by atomic mass is 10.7. The lowest BCUT2D eigenvalue weighted by Crippen LogP contribution is -1.92. The molecule has 18 heavy (non-hydrogen) atoms. The average Bonchev–Trinajstić information content (AvgIpc) is 2.73. The summed E-state index contributed by atoms with van der Waals surface area (Å²) in [4.78, 5) is 17.9. The molecule has 0 N–H and O–H groups in total. The van der Waals surface area contributed by atoms with Crippen LogP contribution in [0.4, 0.5) is 0 Å². The van der Waals surface area contributed by atoms with Crippen molar-refractivity contribution in [3.8, 4) is 0 Å². The first kappa shape index (κ1) is 19.4. The molecule has 2 heterocycles. The summed E-state index contributed by atoms with van der Waals surface area (Å²) < 4.78 is 5.10. The number of carbonyl (C=O) groups is 1. The Morgan fingerprint density at radius 1 is 1.17 bits per heavy atom. The summed E-state index contributed by atoms with van der Waals surface area (Å²) >= 11 is 6.33. The fourth-order valence-corrected chi connectivity index (χ4v) is 1.84. The number of hydrogen-bond donors (Lipinski definition) is 0. The number of aromatic nitrogens is 4. The van der Waals surface area contributed by atoms with Gasteiger partial charge in [-0.15, -0.1) is 0 Å². The van der Waals surface area contributed by atoms with E-state index in [0.29, 0.717) is 16.7 Å². The van der Waals surface area contributed by atoms with E-state index in [2.05, 4.69) is 41.8 Å². The van der Waals surface area contributed by atoms with Gasteiger partial charge in [-0.1, -0.05) is 14.9 Å². The molecule has 0 bridgehead atoms. The largest absolute Gasteiger partial charge is 0.339 e. The molecule has 7 heteroatoms. The Labute approximate surface area is 125 Å². The van der Waals surface area contributed by atoms with E-state index in [1.54, 1.807) is 24.1 Å². The highest BCUT2D eigenvalue weighted by Crippen LogP contribution is 2.05. The van der Waals surface area contributed by atoms with Crippen LogP contribution in [0.15, 0.2) is 27.9 Å². The fraction of sp³-hybridized carbons (Fsp3) is 0.364. The van der Waals surface area contributed by atoms with Crippen LogP contribution in [0.1, 0.15) is 25.5 Å². The second-order valence-corrected chi connectivity index (χ2v) is 4.64. The van der Waals surface area contributed by atoms with Crippen molar-refractivity contribution in [1.82, 2.24) is 19.1 Å². The average molecular weight is 382 g/mol. The second kappa shape index (κ2) is 9.04. The Morgan fingerprint density at radius 2 is 1.78 bits per heavy atom. The van der Waals surface area contributed by atoms with Crippen molar-refractivity contribution in [2.45, 2.75) is 14.9 Å². The number of aryl methyl sites for hydroxylation is 2. The maximum atomic E-state index is 10.1. The van der Waals surface area contributed by atoms with Crippen molar-refractivity contribution < 1.29 is 4.79 Å². The van der Waals surface area contributed by atoms with E-state index in [9.17, 15) is 4.79 Å². The van der Waals surface area contributed by atoms with Crippen molar-refractivity contribution in [2.24, 2.45) is 14.1 Å². The summed E-state index contributed by atoms with van der Waals surface area (Å²) in [7, 11) is 3.69. The predicted molar refractivity (Wildman–Crippen MR) is 80.7 cm³/mol. The summed E-state index contributed by atoms with van der Waals surface area (Å²) in [5.74, 6) is 0.432. The molecule has 0 atom stereocenters. The molecule has 0 radical (unpaired) electrons. The fourth-order valence-electron chi connectivity index (χ4n) is 0.934. The highest BCUT2D eigenvalue weighted by atomic mass is 79.9. The van der Waals surface area contributed by atoms with Crippen molar-refractivity contribution in [2.75, 3.05) is 0 Å². The van der Waals surface area contributed by atoms with Gasteiger partial charge >= 0.3 is 0 Å². The molecule has 0 saturated heterocycles. The van der Waals surface area contributed by atoms with Crippen molar-refractivity contribution >= 4 is 38.1 Å². The standard InChI is InChI=1S/C5H5BrN2O.C4H5BrN2.2CH4/c1-8-2-4(6)7-5(8)3-9;1-7-2-4(5)6-3-7;;/h2-3H,1H3;2-3H,1H3;2*1H4. The van der Waals surface area contributed by atoms with Crippen LogP contribution in [0.5, 0.6) is 0 Å². The second-order valence-electron chi connectivity index (χ2n) is 3.01. The van der Waals surface area contributed by atoms with E-state index >= 15 is 0 Å². The number of imidazole rings is 2. The highest BCUT2D eigenvalue weighted by Gasteiger charge is 1.98. The van der Waals surface area contributed by atoms with Gasteiger partial charge in [0.1, 0.15) is 9.21 Å². The molecule has 0 fully saturated rings. The van der Waals surface area contributed by atoms with Gasteiger partial charge in [0.05, 0.1) is 6.33 Å². The third kappa shape index (κ3) is 6.11. The van der Waals surface area contributed by atoms with E-state index in [4.69, 9.17) is 0 Å². The van der Waals surface area contributed by atoms with E-state index in [1.165, 1.54) is 0 Å². The molecule has 0 aromatic carbocycles. The van der Waals surface area contributed by atoms with Crippen molar-refractivity contribution in [3.05, 3.63) is 33.8 Å². The summed E-state index contributed by atoms with van der Waals surface area (Å²) in [6.45, 7) is 0. The molecule has 0 aliphatic rings. The molecule has 0 aliphatic carbocycles. The first-order chi connectivity index (χ1) is 7.52. The number of aldehydes is 1. The van der Waals surface area contributed by atoms with Gasteiger partial charge in [-0.25, -0.2) is 9.97 Å². The molecule has 102 valence electrons. The molecule has 0 aliphatic heterocycles. The summed E-state index contributed by atoms with van der Waals surface area (Å²) in [6.07, 6.45) is 6.07. The molecule has 0 amide bonds. The monoisotopic (exact) mass is 380 g/mol. The molecule has 2 aromatic heterocycles. The summed E-state index contributed by atoms with van der Waals surface area (Å²) in [5.41, 5.74) is 0. The van der Waals surface area contributed by atoms with Crippen molar-refractivity contribution in [1.29, 1.82) is 0 Å². The SMILES string of the molecule is C.C.Cn1cc(Br)nc1C=O.Cn1cnc(Br)c1. The normalized spacial score (nSPS) is 8.44. The maximum absolute atomic E-state index is 10.1. The molecule has 2 aromatic rings. The molecular formula is C11H18Br2N4O. The van der Waals surface area contributed by atoms with Crippen LogP contribution in [0.25, 0.3) is 0 Å². The topological polar surface area (TPSA) is 52.7 Å². The van der Waals surface area contributed by atoms with Crippen LogP contribution in [0.3, 0.4) is 0 Å². The third-order valence-corrected chi connectivity index (χ3v) is 2.45. The van der Waals surface area contributed by atoms with Gasteiger partial charge in [-0.05, 0) is 31.9 Å². The Kier molecular flexibility index (Phi) is 9.74. The van der Waals surface area contributed by atoms with Crippen LogP contribution in [0.2, 0.25) is 0 Å². The Hall–Kier alpha value is -0.950. The Morgan fingerprint density at radius 3 is 1.94 bits per heavy atom. The van der Waals surface area contributed by atoms with E-state index < -0.39 is 0 Å². The summed E-state index contributed by atoms with van der Waals surface area (Å²) in [6, 6.07) is 0. The van der Waals surface area contributed by atoms with E-state index in [0.717, 1.165) is 4.60 Å². The number of halogens is 2. The van der Waals surface area contributed by atoms with Crippen LogP contribution in [0, 0.1) is 0 Å². The van der Waals surface area contributed by atoms with Crippen LogP contribution < -0.4 is 0 Å². The molecule has 5 nitrogen and oxygen atoms in total. The Bertz CT molecular complexity index is 463. The Balaban J connectivity index is 0. The quantitative estimate of drug-likeness (QED) is 0.711. The maximum Gasteiger partial charge on any atom is 0.185 e. The van der Waals surface area contributed by atoms with Crippen molar-refractivity contribution in [3.63, 3.8) is 0 Å². The highest BCUT2D eigenvalue weighted by molar-refractivity contribution is 9.10. The lowest BCUT2D eigenvalue weighted by Gasteiger charge is -1.86. The van der Waals surface area contributed by atoms with Gasteiger partial charge < -0.3 is 9.13 Å². The van der Waals surface area contributed by atoms with E-state index in [-0.39, 0.29) is 14.9 Å². The molecule has 0 unspecified atom stereocenters. The minimum atomic E-state index is 0. The van der Waals surface area contributed by atoms with Crippen LogP contribution in [-0.2, 0) is 14.1 Å². The van der Waals surface area contributed by atoms with Gasteiger partial charge in [0.15, 0.2) is 12.1 Å². The number of nitrogens with zero attached hydrogens (tertiary/aromatic N) is 4. The van der Waals surface area contributed by atoms with Gasteiger partial charge in [0, 0.05) is 26.5 Å². The minimum Gasteiger partial charge on any atom is -0.339 e. The van der Waals surface area contributed by atoms with E-state index in [1.807, 2.05) is 17.8 Å². The van der Waals surface area contributed by atoms with Gasteiger partial charge in [-0.2, -0.15) is 0 Å². The van der Waals surface area contributed by atoms with Gasteiger partial charge in [-0.3, -0.25) is 4.79 Å². The number of rotatable bonds is 1. The molecular weight excluding hydrogens is 364 g/mol. The number of hydrogen-bond acceptors (Lipinski definition) is 3. The zero-order valence-electron chi connectivity index (χ0n) is 8.76. The van der Waals surface area contributed by atoms with Gasteiger partial charge in [0.25, 0.3) is 0 Å².